The summed E-state index contributed by atoms with van der Waals surface area (Å²) in [6.07, 6.45) is -4.23. The molecule has 0 saturated heterocycles. The summed E-state index contributed by atoms with van der Waals surface area (Å²) in [7, 11) is 0. The summed E-state index contributed by atoms with van der Waals surface area (Å²) in [6, 6.07) is 8.86. The van der Waals surface area contributed by atoms with E-state index in [9.17, 15) is 13.2 Å². The fourth-order valence-electron chi connectivity index (χ4n) is 0.875. The highest BCUT2D eigenvalue weighted by molar-refractivity contribution is 5.75. The van der Waals surface area contributed by atoms with Crippen molar-refractivity contribution in [3.05, 3.63) is 30.3 Å². The van der Waals surface area contributed by atoms with Gasteiger partial charge in [-0.3, -0.25) is 0 Å². The van der Waals surface area contributed by atoms with Crippen LogP contribution in [-0.4, -0.2) is 12.6 Å². The smallest absolute Gasteiger partial charge is 0.191 e. The van der Waals surface area contributed by atoms with Crippen LogP contribution >= 0.6 is 0 Å². The average molecular weight is 229 g/mol. The molecule has 1 aromatic carbocycles. The van der Waals surface area contributed by atoms with Gasteiger partial charge in [0.15, 0.2) is 0 Å². The molecular formula is C9H6F3N3O. The van der Waals surface area contributed by atoms with E-state index in [0.717, 1.165) is 0 Å². The molecule has 4 nitrogen and oxygen atoms in total. The van der Waals surface area contributed by atoms with Crippen LogP contribution in [0.2, 0.25) is 0 Å². The van der Waals surface area contributed by atoms with Gasteiger partial charge in [0.1, 0.15) is 12.3 Å². The highest BCUT2D eigenvalue weighted by Gasteiger charge is 2.34. The Morgan fingerprint density at radius 1 is 1.31 bits per heavy atom. The monoisotopic (exact) mass is 229 g/mol. The van der Waals surface area contributed by atoms with E-state index in [4.69, 9.17) is 5.26 Å². The maximum atomic E-state index is 12.0. The molecule has 0 bridgehead atoms. The molecule has 0 N–H and O–H groups in total. The average Bonchev–Trinajstić information content (AvgIpc) is 2.24. The molecule has 0 heterocycles. The van der Waals surface area contributed by atoms with Gasteiger partial charge in [-0.25, -0.2) is 0 Å². The molecule has 0 unspecified atom stereocenters. The van der Waals surface area contributed by atoms with Crippen LogP contribution in [0.5, 0.6) is 0 Å². The van der Waals surface area contributed by atoms with Crippen molar-refractivity contribution in [2.45, 2.75) is 6.36 Å². The third-order valence-corrected chi connectivity index (χ3v) is 1.39. The molecule has 0 aliphatic heterocycles. The van der Waals surface area contributed by atoms with Gasteiger partial charge < -0.3 is 0 Å². The quantitative estimate of drug-likeness (QED) is 0.590. The van der Waals surface area contributed by atoms with E-state index < -0.39 is 6.36 Å². The Morgan fingerprint density at radius 3 is 2.44 bits per heavy atom. The number of hydrogen-bond acceptors (Lipinski definition) is 4. The second-order valence-electron chi connectivity index (χ2n) is 2.52. The number of nitriles is 1. The fraction of sp³-hybridized carbons (Fsp3) is 0.111. The van der Waals surface area contributed by atoms with Gasteiger partial charge in [0, 0.05) is 0 Å². The summed E-state index contributed by atoms with van der Waals surface area (Å²) in [5.74, 6) is 0. The van der Waals surface area contributed by atoms with Crippen LogP contribution in [0.4, 0.5) is 18.9 Å². The van der Waals surface area contributed by atoms with E-state index in [1.54, 1.807) is 6.07 Å². The maximum Gasteiger partial charge on any atom is 0.545 e. The minimum atomic E-state index is -4.87. The normalized spacial score (nSPS) is 11.4. The van der Waals surface area contributed by atoms with Crippen LogP contribution in [0, 0.1) is 11.3 Å². The van der Waals surface area contributed by atoms with Crippen molar-refractivity contribution in [1.82, 2.24) is 0 Å². The predicted octanol–water partition coefficient (Wildman–Crippen LogP) is 2.45. The van der Waals surface area contributed by atoms with Crippen molar-refractivity contribution in [3.63, 3.8) is 0 Å². The van der Waals surface area contributed by atoms with Crippen LogP contribution in [0.25, 0.3) is 0 Å². The van der Waals surface area contributed by atoms with Crippen molar-refractivity contribution in [2.24, 2.45) is 5.10 Å². The molecule has 1 rings (SSSR count). The molecule has 0 saturated carbocycles. The van der Waals surface area contributed by atoms with Gasteiger partial charge in [-0.2, -0.15) is 5.26 Å². The fourth-order valence-corrected chi connectivity index (χ4v) is 0.875. The van der Waals surface area contributed by atoms with Gasteiger partial charge in [-0.05, 0) is 12.1 Å². The van der Waals surface area contributed by atoms with Gasteiger partial charge in [0.2, 0.25) is 0 Å². The molecular weight excluding hydrogens is 223 g/mol. The van der Waals surface area contributed by atoms with Crippen LogP contribution in [0.15, 0.2) is 35.4 Å². The highest BCUT2D eigenvalue weighted by atomic mass is 19.4. The largest absolute Gasteiger partial charge is 0.545 e. The van der Waals surface area contributed by atoms with Crippen molar-refractivity contribution < 1.29 is 18.0 Å². The van der Waals surface area contributed by atoms with E-state index >= 15 is 0 Å². The zero-order chi connectivity index (χ0) is 12.0. The zero-order valence-electron chi connectivity index (χ0n) is 7.85. The van der Waals surface area contributed by atoms with Crippen molar-refractivity contribution in [3.8, 4) is 6.07 Å². The summed E-state index contributed by atoms with van der Waals surface area (Å²) >= 11 is 0. The molecule has 16 heavy (non-hydrogen) atoms. The summed E-state index contributed by atoms with van der Waals surface area (Å²) in [4.78, 5) is 3.61. The first-order valence-electron chi connectivity index (χ1n) is 4.06. The van der Waals surface area contributed by atoms with Crippen LogP contribution < -0.4 is 5.17 Å². The lowest BCUT2D eigenvalue weighted by Crippen LogP contribution is -2.27. The number of alkyl halides is 3. The summed E-state index contributed by atoms with van der Waals surface area (Å²) < 4.78 is 36.0. The van der Waals surface area contributed by atoms with Crippen molar-refractivity contribution in [2.75, 3.05) is 5.17 Å². The Bertz CT molecular complexity index is 397. The number of benzene rings is 1. The second kappa shape index (κ2) is 5.14. The van der Waals surface area contributed by atoms with Crippen LogP contribution in [0.3, 0.4) is 0 Å². The Labute approximate surface area is 89.1 Å². The van der Waals surface area contributed by atoms with Gasteiger partial charge in [-0.1, -0.05) is 18.2 Å². The molecule has 0 aliphatic carbocycles. The van der Waals surface area contributed by atoms with E-state index in [0.29, 0.717) is 6.21 Å². The molecule has 0 aliphatic rings. The van der Waals surface area contributed by atoms with E-state index in [1.807, 2.05) is 0 Å². The number of hydrazone groups is 1. The van der Waals surface area contributed by atoms with E-state index in [1.165, 1.54) is 30.3 Å². The molecule has 1 aromatic rings. The number of nitrogens with zero attached hydrogens (tertiary/aromatic N) is 3. The Kier molecular flexibility index (Phi) is 3.85. The summed E-state index contributed by atoms with van der Waals surface area (Å²) in [5, 5.41) is 11.6. The van der Waals surface area contributed by atoms with Crippen LogP contribution in [-0.2, 0) is 4.84 Å². The highest BCUT2D eigenvalue weighted by Crippen LogP contribution is 2.23. The molecule has 0 radical (unpaired) electrons. The predicted molar refractivity (Wildman–Crippen MR) is 50.2 cm³/mol. The van der Waals surface area contributed by atoms with Gasteiger partial charge in [0.05, 0.1) is 5.69 Å². The third-order valence-electron chi connectivity index (χ3n) is 1.39. The molecule has 7 heteroatoms. The zero-order valence-corrected chi connectivity index (χ0v) is 7.85. The minimum absolute atomic E-state index is 0.0614. The second-order valence-corrected chi connectivity index (χ2v) is 2.52. The minimum Gasteiger partial charge on any atom is -0.191 e. The number of hydrogen-bond donors (Lipinski definition) is 0. The van der Waals surface area contributed by atoms with Gasteiger partial charge in [-0.15, -0.1) is 28.3 Å². The maximum absolute atomic E-state index is 12.0. The first-order valence-corrected chi connectivity index (χ1v) is 4.06. The first kappa shape index (κ1) is 12.0. The Balaban J connectivity index is 2.89. The van der Waals surface area contributed by atoms with Crippen LogP contribution in [0.1, 0.15) is 0 Å². The lowest BCUT2D eigenvalue weighted by atomic mass is 10.3. The summed E-state index contributed by atoms with van der Waals surface area (Å²) in [5.41, 5.74) is 0.0614. The number of anilines is 1. The number of halogens is 3. The van der Waals surface area contributed by atoms with Gasteiger partial charge >= 0.3 is 6.36 Å². The molecule has 84 valence electrons. The van der Waals surface area contributed by atoms with E-state index in [-0.39, 0.29) is 10.9 Å². The number of rotatable bonds is 3. The lowest BCUT2D eigenvalue weighted by Gasteiger charge is -2.18. The molecule has 0 amide bonds. The standard InChI is InChI=1S/C9H6F3N3O/c10-9(11,12)16-15(14-7-6-13)8-4-2-1-3-5-8/h1-5,7H. The summed E-state index contributed by atoms with van der Waals surface area (Å²) in [6.45, 7) is 0. The Morgan fingerprint density at radius 2 is 1.94 bits per heavy atom. The SMILES string of the molecule is N#CC=NN(OC(F)(F)F)c1ccccc1. The molecule has 0 spiro atoms. The van der Waals surface area contributed by atoms with Crippen molar-refractivity contribution in [1.29, 1.82) is 5.26 Å². The van der Waals surface area contributed by atoms with Crippen molar-refractivity contribution >= 4 is 11.9 Å². The van der Waals surface area contributed by atoms with E-state index in [2.05, 4.69) is 9.94 Å². The van der Waals surface area contributed by atoms with Gasteiger partial charge in [0.25, 0.3) is 0 Å². The first-order chi connectivity index (χ1) is 7.53. The topological polar surface area (TPSA) is 48.6 Å². The third kappa shape index (κ3) is 3.98. The molecule has 0 aromatic heterocycles. The number of para-hydroxylation sites is 1. The Hall–Kier alpha value is -2.07. The molecule has 0 atom stereocenters. The molecule has 0 fully saturated rings. The lowest BCUT2D eigenvalue weighted by molar-refractivity contribution is -0.330.